The summed E-state index contributed by atoms with van der Waals surface area (Å²) in [7, 11) is 0. The third-order valence-electron chi connectivity index (χ3n) is 7.62. The molecule has 0 saturated carbocycles. The van der Waals surface area contributed by atoms with Crippen molar-refractivity contribution in [2.24, 2.45) is 4.99 Å². The van der Waals surface area contributed by atoms with E-state index in [1.807, 2.05) is 35.8 Å². The first-order valence-electron chi connectivity index (χ1n) is 13.9. The largest absolute Gasteiger partial charge is 0.463 e. The second-order valence-corrected chi connectivity index (χ2v) is 11.8. The summed E-state index contributed by atoms with van der Waals surface area (Å²) in [6.45, 7) is 3.36. The average molecular weight is 654 g/mol. The molecule has 1 atom stereocenters. The van der Waals surface area contributed by atoms with Gasteiger partial charge in [-0.15, -0.1) is 0 Å². The Hall–Kier alpha value is -4.48. The van der Waals surface area contributed by atoms with E-state index < -0.39 is 35.0 Å². The molecule has 3 heterocycles. The second-order valence-electron chi connectivity index (χ2n) is 10.3. The van der Waals surface area contributed by atoms with E-state index in [-0.39, 0.29) is 33.9 Å². The van der Waals surface area contributed by atoms with Crippen LogP contribution in [-0.4, -0.2) is 27.9 Å². The van der Waals surface area contributed by atoms with E-state index in [1.54, 1.807) is 24.3 Å². The minimum atomic E-state index is -5.02. The Morgan fingerprint density at radius 2 is 1.76 bits per heavy atom. The molecule has 0 spiro atoms. The number of nitrogens with zero attached hydrogens (tertiary/aromatic N) is 3. The number of ether oxygens (including phenoxy) is 1. The van der Waals surface area contributed by atoms with Crippen molar-refractivity contribution in [2.75, 3.05) is 6.61 Å². The predicted octanol–water partition coefficient (Wildman–Crippen LogP) is 6.44. The van der Waals surface area contributed by atoms with E-state index in [0.717, 1.165) is 32.5 Å². The number of halogens is 5. The van der Waals surface area contributed by atoms with Gasteiger partial charge in [0.05, 0.1) is 29.3 Å². The van der Waals surface area contributed by atoms with Crippen LogP contribution in [0.2, 0.25) is 5.02 Å². The Labute approximate surface area is 262 Å². The highest BCUT2D eigenvalue weighted by Crippen LogP contribution is 2.38. The Kier molecular flexibility index (Phi) is 8.00. The summed E-state index contributed by atoms with van der Waals surface area (Å²) in [5, 5.41) is 1.10. The maximum absolute atomic E-state index is 14.6. The minimum absolute atomic E-state index is 0.108. The van der Waals surface area contributed by atoms with Gasteiger partial charge in [0.25, 0.3) is 5.56 Å². The van der Waals surface area contributed by atoms with Crippen molar-refractivity contribution in [1.29, 1.82) is 0 Å². The maximum Gasteiger partial charge on any atom is 0.434 e. The normalized spacial score (nSPS) is 15.4. The van der Waals surface area contributed by atoms with Crippen LogP contribution in [0.25, 0.3) is 17.0 Å². The molecular formula is C33H24ClF4N3O3S. The number of esters is 1. The zero-order chi connectivity index (χ0) is 32.0. The van der Waals surface area contributed by atoms with Gasteiger partial charge in [0.15, 0.2) is 10.5 Å². The van der Waals surface area contributed by atoms with Gasteiger partial charge in [0.1, 0.15) is 5.82 Å². The fourth-order valence-corrected chi connectivity index (χ4v) is 6.68. The minimum Gasteiger partial charge on any atom is -0.463 e. The quantitative estimate of drug-likeness (QED) is 0.156. The monoisotopic (exact) mass is 653 g/mol. The number of thiazole rings is 1. The lowest BCUT2D eigenvalue weighted by Gasteiger charge is -2.26. The summed E-state index contributed by atoms with van der Waals surface area (Å²) >= 11 is 6.84. The van der Waals surface area contributed by atoms with E-state index in [4.69, 9.17) is 16.3 Å². The van der Waals surface area contributed by atoms with Crippen molar-refractivity contribution in [3.05, 3.63) is 137 Å². The third-order valence-corrected chi connectivity index (χ3v) is 8.86. The molecule has 0 saturated heterocycles. The highest BCUT2D eigenvalue weighted by molar-refractivity contribution is 7.07. The molecule has 6 nitrogen and oxygen atoms in total. The molecule has 2 aromatic heterocycles. The topological polar surface area (TPSA) is 65.6 Å². The molecule has 12 heteroatoms. The molecule has 6 rings (SSSR count). The number of hydrogen-bond donors (Lipinski definition) is 0. The number of fused-ring (bicyclic) bond motifs is 2. The molecule has 3 aromatic carbocycles. The van der Waals surface area contributed by atoms with Gasteiger partial charge in [0.2, 0.25) is 0 Å². The van der Waals surface area contributed by atoms with E-state index in [2.05, 4.69) is 4.99 Å². The highest BCUT2D eigenvalue weighted by atomic mass is 35.5. The Bertz CT molecular complexity index is 2180. The zero-order valence-electron chi connectivity index (χ0n) is 23.9. The van der Waals surface area contributed by atoms with Crippen molar-refractivity contribution in [3.63, 3.8) is 0 Å². The van der Waals surface area contributed by atoms with E-state index in [1.165, 1.54) is 37.3 Å². The molecule has 230 valence electrons. The van der Waals surface area contributed by atoms with Gasteiger partial charge in [-0.25, -0.2) is 14.2 Å². The lowest BCUT2D eigenvalue weighted by Crippen LogP contribution is -2.41. The van der Waals surface area contributed by atoms with Crippen LogP contribution >= 0.6 is 22.9 Å². The molecular weight excluding hydrogens is 630 g/mol. The molecule has 45 heavy (non-hydrogen) atoms. The van der Waals surface area contributed by atoms with Crippen molar-refractivity contribution < 1.29 is 27.1 Å². The summed E-state index contributed by atoms with van der Waals surface area (Å²) < 4.78 is 66.0. The first kappa shape index (κ1) is 30.5. The lowest BCUT2D eigenvalue weighted by molar-refractivity contribution is -0.140. The smallest absolute Gasteiger partial charge is 0.434 e. The van der Waals surface area contributed by atoms with Crippen LogP contribution in [-0.2, 0) is 16.1 Å². The Morgan fingerprint density at radius 1 is 1.07 bits per heavy atom. The number of rotatable bonds is 6. The van der Waals surface area contributed by atoms with E-state index in [9.17, 15) is 27.2 Å². The summed E-state index contributed by atoms with van der Waals surface area (Å²) in [6, 6.07) is 18.2. The molecule has 0 N–H and O–H groups in total. The van der Waals surface area contributed by atoms with Crippen molar-refractivity contribution in [3.8, 4) is 0 Å². The molecule has 5 aromatic rings. The predicted molar refractivity (Wildman–Crippen MR) is 164 cm³/mol. The number of allylic oxidation sites excluding steroid dienone is 1. The average Bonchev–Trinajstić information content (AvgIpc) is 3.46. The number of aromatic nitrogens is 2. The van der Waals surface area contributed by atoms with E-state index >= 15 is 0 Å². The van der Waals surface area contributed by atoms with Crippen LogP contribution in [0.1, 0.15) is 35.3 Å². The molecule has 1 aliphatic heterocycles. The van der Waals surface area contributed by atoms with Crippen molar-refractivity contribution in [2.45, 2.75) is 32.6 Å². The molecule has 0 amide bonds. The van der Waals surface area contributed by atoms with Crippen molar-refractivity contribution in [1.82, 2.24) is 9.13 Å². The third kappa shape index (κ3) is 5.51. The standard InChI is InChI=1S/C33H24ClF4N3O3S/c1-3-44-31(43)27-28(19-12-14-21(34)15-13-19)41-30(42)26(45-32(41)39-29(27)33(36,37)38)16-23-18(2)40(25-11-7-5-9-22(23)25)17-20-8-4-6-10-24(20)35/h4-16,28H,3,17H2,1-2H3/b26-16-/t28-/m1/s1. The van der Waals surface area contributed by atoms with Crippen LogP contribution in [0.5, 0.6) is 0 Å². The Morgan fingerprint density at radius 3 is 2.44 bits per heavy atom. The van der Waals surface area contributed by atoms with E-state index in [0.29, 0.717) is 16.1 Å². The van der Waals surface area contributed by atoms with Gasteiger partial charge in [-0.1, -0.05) is 71.5 Å². The Balaban J connectivity index is 1.60. The van der Waals surface area contributed by atoms with Crippen LogP contribution < -0.4 is 14.9 Å². The fraction of sp³-hybridized carbons (Fsp3) is 0.182. The van der Waals surface area contributed by atoms with Crippen LogP contribution in [0.15, 0.2) is 93.9 Å². The van der Waals surface area contributed by atoms with Crippen molar-refractivity contribution >= 4 is 45.9 Å². The van der Waals surface area contributed by atoms with Gasteiger partial charge in [-0.3, -0.25) is 9.36 Å². The number of carbonyl (C=O) groups excluding carboxylic acids is 1. The van der Waals surface area contributed by atoms with Crippen LogP contribution in [0, 0.1) is 12.7 Å². The summed E-state index contributed by atoms with van der Waals surface area (Å²) in [5.41, 5.74) is 0.0199. The van der Waals surface area contributed by atoms with Gasteiger partial charge >= 0.3 is 12.1 Å². The first-order chi connectivity index (χ1) is 21.5. The van der Waals surface area contributed by atoms with Gasteiger partial charge in [-0.2, -0.15) is 13.2 Å². The van der Waals surface area contributed by atoms with Crippen LogP contribution in [0.4, 0.5) is 17.6 Å². The fourth-order valence-electron chi connectivity index (χ4n) is 5.57. The molecule has 0 fully saturated rings. The SMILES string of the molecule is CCOC(=O)C1=C(C(F)(F)F)N=c2s/c(=C\c3c(C)n(Cc4ccccc4F)c4ccccc34)c(=O)n2[C@@H]1c1ccc(Cl)cc1. The summed E-state index contributed by atoms with van der Waals surface area (Å²) in [4.78, 5) is 30.8. The molecule has 0 unspecified atom stereocenters. The van der Waals surface area contributed by atoms with Gasteiger partial charge in [0, 0.05) is 32.7 Å². The summed E-state index contributed by atoms with van der Waals surface area (Å²) in [6.07, 6.45) is -3.40. The summed E-state index contributed by atoms with van der Waals surface area (Å²) in [5.74, 6) is -1.58. The number of alkyl halides is 3. The van der Waals surface area contributed by atoms with Gasteiger partial charge < -0.3 is 9.30 Å². The molecule has 0 aliphatic carbocycles. The first-order valence-corrected chi connectivity index (χ1v) is 15.1. The second kappa shape index (κ2) is 11.8. The lowest BCUT2D eigenvalue weighted by atomic mass is 9.95. The number of carbonyl (C=O) groups is 1. The number of benzene rings is 3. The maximum atomic E-state index is 14.6. The van der Waals surface area contributed by atoms with Crippen LogP contribution in [0.3, 0.4) is 0 Å². The molecule has 1 aliphatic rings. The number of para-hydroxylation sites is 1. The molecule has 0 bridgehead atoms. The highest BCUT2D eigenvalue weighted by Gasteiger charge is 2.45. The molecule has 0 radical (unpaired) electrons. The number of hydrogen-bond acceptors (Lipinski definition) is 5. The van der Waals surface area contributed by atoms with Gasteiger partial charge in [-0.05, 0) is 49.8 Å². The zero-order valence-corrected chi connectivity index (χ0v) is 25.4.